The van der Waals surface area contributed by atoms with Crippen LogP contribution in [0.1, 0.15) is 62.8 Å². The van der Waals surface area contributed by atoms with Crippen molar-refractivity contribution in [3.8, 4) is 0 Å². The molecule has 0 aromatic carbocycles. The van der Waals surface area contributed by atoms with Gasteiger partial charge in [-0.15, -0.1) is 0 Å². The Bertz CT molecular complexity index is 137. The molecule has 0 atom stereocenters. The van der Waals surface area contributed by atoms with Crippen LogP contribution < -0.4 is 0 Å². The van der Waals surface area contributed by atoms with E-state index in [4.69, 9.17) is 4.74 Å². The maximum absolute atomic E-state index is 6.15. The largest absolute Gasteiger partial charge is 0.369 e. The fourth-order valence-corrected chi connectivity index (χ4v) is 0.914. The van der Waals surface area contributed by atoms with Gasteiger partial charge in [-0.1, -0.05) is 35.1 Å². The number of hydrogen-bond acceptors (Lipinski definition) is 1. The van der Waals surface area contributed by atoms with Gasteiger partial charge < -0.3 is 4.74 Å². The molecule has 0 saturated carbocycles. The molecule has 0 aliphatic heterocycles. The number of rotatable bonds is 4. The van der Waals surface area contributed by atoms with Crippen molar-refractivity contribution in [3.63, 3.8) is 0 Å². The second-order valence-electron chi connectivity index (χ2n) is 5.62. The molecule has 0 N–H and O–H groups in total. The van der Waals surface area contributed by atoms with Crippen molar-refractivity contribution in [2.45, 2.75) is 74.0 Å². The van der Waals surface area contributed by atoms with E-state index in [-0.39, 0.29) is 18.6 Å². The summed E-state index contributed by atoms with van der Waals surface area (Å²) in [6, 6.07) is 0. The van der Waals surface area contributed by atoms with Crippen LogP contribution >= 0.6 is 0 Å². The van der Waals surface area contributed by atoms with Gasteiger partial charge in [-0.05, 0) is 39.5 Å². The monoisotopic (exact) mass is 202 g/mol. The molecule has 88 valence electrons. The first-order valence-electron chi connectivity index (χ1n) is 5.29. The fourth-order valence-electron chi connectivity index (χ4n) is 0.914. The summed E-state index contributed by atoms with van der Waals surface area (Å²) < 4.78 is 6.15. The standard InChI is InChI=1S/C12H26O.CH4/c1-9(2)11(5,6)13-12(7,8)10(3)4;/h9-10H,1-8H3;1H4. The summed E-state index contributed by atoms with van der Waals surface area (Å²) >= 11 is 0. The average Bonchev–Trinajstić information content (AvgIpc) is 1.83. The van der Waals surface area contributed by atoms with E-state index in [0.29, 0.717) is 11.8 Å². The van der Waals surface area contributed by atoms with Gasteiger partial charge in [0.25, 0.3) is 0 Å². The second kappa shape index (κ2) is 5.16. The van der Waals surface area contributed by atoms with Crippen LogP contribution in [0.2, 0.25) is 0 Å². The molecular formula is C13H30O. The highest BCUT2D eigenvalue weighted by atomic mass is 16.5. The third kappa shape index (κ3) is 4.45. The van der Waals surface area contributed by atoms with Crippen molar-refractivity contribution in [1.82, 2.24) is 0 Å². The van der Waals surface area contributed by atoms with Crippen molar-refractivity contribution in [3.05, 3.63) is 0 Å². The highest BCUT2D eigenvalue weighted by Gasteiger charge is 2.33. The quantitative estimate of drug-likeness (QED) is 0.652. The third-order valence-corrected chi connectivity index (χ3v) is 3.31. The molecule has 1 nitrogen and oxygen atoms in total. The summed E-state index contributed by atoms with van der Waals surface area (Å²) in [6.07, 6.45) is 0. The Morgan fingerprint density at radius 1 is 0.714 bits per heavy atom. The predicted octanol–water partition coefficient (Wildman–Crippen LogP) is 4.51. The zero-order valence-electron chi connectivity index (χ0n) is 10.6. The van der Waals surface area contributed by atoms with Gasteiger partial charge in [-0.2, -0.15) is 0 Å². The molecule has 1 heteroatoms. The van der Waals surface area contributed by atoms with Crippen LogP contribution in [0.3, 0.4) is 0 Å². The molecule has 14 heavy (non-hydrogen) atoms. The minimum Gasteiger partial charge on any atom is -0.369 e. The van der Waals surface area contributed by atoms with E-state index in [1.54, 1.807) is 0 Å². The van der Waals surface area contributed by atoms with Gasteiger partial charge in [0.1, 0.15) is 0 Å². The van der Waals surface area contributed by atoms with Crippen molar-refractivity contribution < 1.29 is 4.74 Å². The fraction of sp³-hybridized carbons (Fsp3) is 1.00. The predicted molar refractivity (Wildman–Crippen MR) is 65.7 cm³/mol. The second-order valence-corrected chi connectivity index (χ2v) is 5.62. The van der Waals surface area contributed by atoms with Crippen LogP contribution in [0.15, 0.2) is 0 Å². The van der Waals surface area contributed by atoms with Crippen LogP contribution in [0.5, 0.6) is 0 Å². The Labute approximate surface area is 91.2 Å². The molecular weight excluding hydrogens is 172 g/mol. The lowest BCUT2D eigenvalue weighted by Gasteiger charge is -2.41. The molecule has 0 radical (unpaired) electrons. The summed E-state index contributed by atoms with van der Waals surface area (Å²) in [5, 5.41) is 0. The maximum Gasteiger partial charge on any atom is 0.0656 e. The minimum absolute atomic E-state index is 0. The van der Waals surface area contributed by atoms with Gasteiger partial charge in [0.15, 0.2) is 0 Å². The Hall–Kier alpha value is -0.0400. The lowest BCUT2D eigenvalue weighted by atomic mass is 9.89. The molecule has 0 aliphatic rings. The van der Waals surface area contributed by atoms with Crippen molar-refractivity contribution in [2.24, 2.45) is 11.8 Å². The molecule has 0 spiro atoms. The Morgan fingerprint density at radius 3 is 1.07 bits per heavy atom. The van der Waals surface area contributed by atoms with E-state index in [0.717, 1.165) is 0 Å². The van der Waals surface area contributed by atoms with Gasteiger partial charge in [0.2, 0.25) is 0 Å². The van der Waals surface area contributed by atoms with Crippen molar-refractivity contribution in [2.75, 3.05) is 0 Å². The first-order valence-corrected chi connectivity index (χ1v) is 5.29. The molecule has 0 saturated heterocycles. The molecule has 0 rings (SSSR count). The topological polar surface area (TPSA) is 9.23 Å². The van der Waals surface area contributed by atoms with Crippen LogP contribution in [0.4, 0.5) is 0 Å². The van der Waals surface area contributed by atoms with E-state index in [1.165, 1.54) is 0 Å². The van der Waals surface area contributed by atoms with Gasteiger partial charge >= 0.3 is 0 Å². The number of hydrogen-bond donors (Lipinski definition) is 0. The maximum atomic E-state index is 6.15. The van der Waals surface area contributed by atoms with Crippen LogP contribution in [-0.2, 0) is 4.74 Å². The molecule has 0 bridgehead atoms. The smallest absolute Gasteiger partial charge is 0.0656 e. The Morgan fingerprint density at radius 2 is 0.929 bits per heavy atom. The summed E-state index contributed by atoms with van der Waals surface area (Å²) in [7, 11) is 0. The zero-order valence-corrected chi connectivity index (χ0v) is 10.6. The molecule has 0 heterocycles. The number of ether oxygens (including phenoxy) is 1. The normalized spacial score (nSPS) is 13.3. The first-order chi connectivity index (χ1) is 5.59. The van der Waals surface area contributed by atoms with Gasteiger partial charge in [-0.3, -0.25) is 0 Å². The first kappa shape index (κ1) is 16.4. The highest BCUT2D eigenvalue weighted by Crippen LogP contribution is 2.31. The van der Waals surface area contributed by atoms with E-state index < -0.39 is 0 Å². The van der Waals surface area contributed by atoms with Gasteiger partial charge in [0.05, 0.1) is 11.2 Å². The average molecular weight is 202 g/mol. The van der Waals surface area contributed by atoms with Crippen LogP contribution in [0.25, 0.3) is 0 Å². The Balaban J connectivity index is 0. The Kier molecular flexibility index (Phi) is 6.04. The SMILES string of the molecule is C.CC(C)C(C)(C)OC(C)(C)C(C)C. The molecule has 0 amide bonds. The molecule has 0 aromatic heterocycles. The lowest BCUT2D eigenvalue weighted by Crippen LogP contribution is -2.43. The van der Waals surface area contributed by atoms with Gasteiger partial charge in [-0.25, -0.2) is 0 Å². The molecule has 0 unspecified atom stereocenters. The minimum atomic E-state index is -0.0340. The third-order valence-electron chi connectivity index (χ3n) is 3.31. The summed E-state index contributed by atoms with van der Waals surface area (Å²) in [6.45, 7) is 17.5. The van der Waals surface area contributed by atoms with Gasteiger partial charge in [0, 0.05) is 0 Å². The van der Waals surface area contributed by atoms with Crippen LogP contribution in [-0.4, -0.2) is 11.2 Å². The zero-order chi connectivity index (χ0) is 10.9. The van der Waals surface area contributed by atoms with Crippen LogP contribution in [0, 0.1) is 11.8 Å². The van der Waals surface area contributed by atoms with E-state index in [1.807, 2.05) is 0 Å². The van der Waals surface area contributed by atoms with E-state index >= 15 is 0 Å². The lowest BCUT2D eigenvalue weighted by molar-refractivity contribution is -0.162. The van der Waals surface area contributed by atoms with E-state index in [9.17, 15) is 0 Å². The molecule has 0 aliphatic carbocycles. The summed E-state index contributed by atoms with van der Waals surface area (Å²) in [4.78, 5) is 0. The highest BCUT2D eigenvalue weighted by molar-refractivity contribution is 4.81. The molecule has 0 fully saturated rings. The molecule has 0 aromatic rings. The summed E-state index contributed by atoms with van der Waals surface area (Å²) in [5.41, 5.74) is -0.0679. The van der Waals surface area contributed by atoms with Crippen molar-refractivity contribution >= 4 is 0 Å². The van der Waals surface area contributed by atoms with E-state index in [2.05, 4.69) is 55.4 Å². The van der Waals surface area contributed by atoms with Crippen molar-refractivity contribution in [1.29, 1.82) is 0 Å². The summed E-state index contributed by atoms with van der Waals surface area (Å²) in [5.74, 6) is 1.09.